The number of aryl methyl sites for hydroxylation is 3. The third-order valence-electron chi connectivity index (χ3n) is 2.69. The van der Waals surface area contributed by atoms with Gasteiger partial charge in [-0.2, -0.15) is 8.42 Å². The lowest BCUT2D eigenvalue weighted by atomic mass is 10.2. The van der Waals surface area contributed by atoms with E-state index in [2.05, 4.69) is 4.98 Å². The average molecular weight is 277 g/mol. The fraction of sp³-hybridized carbons (Fsp3) is 0.214. The van der Waals surface area contributed by atoms with Gasteiger partial charge in [-0.1, -0.05) is 17.7 Å². The van der Waals surface area contributed by atoms with Crippen LogP contribution in [0, 0.1) is 20.8 Å². The van der Waals surface area contributed by atoms with Gasteiger partial charge in [-0.05, 0) is 45.0 Å². The maximum absolute atomic E-state index is 12.1. The molecule has 2 aromatic rings. The van der Waals surface area contributed by atoms with Crippen molar-refractivity contribution in [3.8, 4) is 5.75 Å². The van der Waals surface area contributed by atoms with E-state index >= 15 is 0 Å². The maximum atomic E-state index is 12.1. The highest BCUT2D eigenvalue weighted by molar-refractivity contribution is 7.87. The first-order valence-electron chi connectivity index (χ1n) is 5.84. The summed E-state index contributed by atoms with van der Waals surface area (Å²) in [5.74, 6) is 0.256. The number of pyridine rings is 1. The molecule has 1 heterocycles. The van der Waals surface area contributed by atoms with E-state index in [9.17, 15) is 8.42 Å². The smallest absolute Gasteiger partial charge is 0.339 e. The van der Waals surface area contributed by atoms with Gasteiger partial charge in [-0.15, -0.1) is 0 Å². The SMILES string of the molecule is Cc1ccc(S(=O)(=O)Oc2ccc(C)nc2C)cc1. The highest BCUT2D eigenvalue weighted by Gasteiger charge is 2.17. The van der Waals surface area contributed by atoms with E-state index in [4.69, 9.17) is 4.18 Å². The van der Waals surface area contributed by atoms with Gasteiger partial charge in [-0.25, -0.2) is 0 Å². The molecule has 100 valence electrons. The van der Waals surface area contributed by atoms with Gasteiger partial charge in [0, 0.05) is 5.69 Å². The minimum atomic E-state index is -3.81. The molecule has 0 aliphatic heterocycles. The van der Waals surface area contributed by atoms with Crippen LogP contribution in [0.5, 0.6) is 5.75 Å². The molecule has 2 rings (SSSR count). The number of nitrogens with zero attached hydrogens (tertiary/aromatic N) is 1. The van der Waals surface area contributed by atoms with Crippen molar-refractivity contribution in [2.24, 2.45) is 0 Å². The largest absolute Gasteiger partial charge is 0.377 e. The van der Waals surface area contributed by atoms with Gasteiger partial charge < -0.3 is 4.18 Å². The van der Waals surface area contributed by atoms with Crippen molar-refractivity contribution in [2.75, 3.05) is 0 Å². The summed E-state index contributed by atoms with van der Waals surface area (Å²) in [6.07, 6.45) is 0. The zero-order chi connectivity index (χ0) is 14.0. The van der Waals surface area contributed by atoms with Crippen molar-refractivity contribution < 1.29 is 12.6 Å². The van der Waals surface area contributed by atoms with E-state index in [1.54, 1.807) is 31.2 Å². The van der Waals surface area contributed by atoms with E-state index in [0.717, 1.165) is 11.3 Å². The molecule has 0 saturated heterocycles. The number of hydrogen-bond acceptors (Lipinski definition) is 4. The fourth-order valence-electron chi connectivity index (χ4n) is 1.63. The Bertz CT molecular complexity index is 691. The fourth-order valence-corrected chi connectivity index (χ4v) is 2.61. The second-order valence-corrected chi connectivity index (χ2v) is 5.93. The Labute approximate surface area is 113 Å². The molecule has 0 unspecified atom stereocenters. The summed E-state index contributed by atoms with van der Waals surface area (Å²) >= 11 is 0. The van der Waals surface area contributed by atoms with Gasteiger partial charge in [0.1, 0.15) is 4.90 Å². The molecule has 5 heteroatoms. The van der Waals surface area contributed by atoms with E-state index in [1.165, 1.54) is 12.1 Å². The minimum Gasteiger partial charge on any atom is -0.377 e. The van der Waals surface area contributed by atoms with Crippen LogP contribution in [0.25, 0.3) is 0 Å². The molecule has 0 fully saturated rings. The minimum absolute atomic E-state index is 0.137. The van der Waals surface area contributed by atoms with Gasteiger partial charge in [0.05, 0.1) is 5.69 Å². The van der Waals surface area contributed by atoms with Crippen LogP contribution >= 0.6 is 0 Å². The monoisotopic (exact) mass is 277 g/mol. The molecule has 1 aromatic heterocycles. The van der Waals surface area contributed by atoms with E-state index in [1.807, 2.05) is 13.8 Å². The molecule has 0 spiro atoms. The van der Waals surface area contributed by atoms with Crippen LogP contribution < -0.4 is 4.18 Å². The molecule has 0 amide bonds. The molecule has 19 heavy (non-hydrogen) atoms. The molecular formula is C14H15NO3S. The Hall–Kier alpha value is -1.88. The van der Waals surface area contributed by atoms with Crippen LogP contribution in [0.15, 0.2) is 41.3 Å². The first-order chi connectivity index (χ1) is 8.88. The topological polar surface area (TPSA) is 56.3 Å². The highest BCUT2D eigenvalue weighted by Crippen LogP contribution is 2.21. The van der Waals surface area contributed by atoms with Crippen LogP contribution in [0.2, 0.25) is 0 Å². The van der Waals surface area contributed by atoms with Crippen LogP contribution in [-0.4, -0.2) is 13.4 Å². The van der Waals surface area contributed by atoms with Crippen molar-refractivity contribution in [1.82, 2.24) is 4.98 Å². The molecule has 1 aromatic carbocycles. The Balaban J connectivity index is 2.33. The van der Waals surface area contributed by atoms with Crippen molar-refractivity contribution in [1.29, 1.82) is 0 Å². The third kappa shape index (κ3) is 3.12. The summed E-state index contributed by atoms with van der Waals surface area (Å²) in [7, 11) is -3.81. The van der Waals surface area contributed by atoms with E-state index in [-0.39, 0.29) is 10.6 Å². The summed E-state index contributed by atoms with van der Waals surface area (Å²) in [4.78, 5) is 4.31. The van der Waals surface area contributed by atoms with Crippen LogP contribution in [-0.2, 0) is 10.1 Å². The number of benzene rings is 1. The molecular weight excluding hydrogens is 262 g/mol. The second kappa shape index (κ2) is 5.01. The summed E-state index contributed by atoms with van der Waals surface area (Å²) < 4.78 is 29.3. The van der Waals surface area contributed by atoms with Gasteiger partial charge in [0.15, 0.2) is 5.75 Å². The zero-order valence-corrected chi connectivity index (χ0v) is 11.9. The van der Waals surface area contributed by atoms with E-state index < -0.39 is 10.1 Å². The Morgan fingerprint density at radius 2 is 1.58 bits per heavy atom. The van der Waals surface area contributed by atoms with Crippen LogP contribution in [0.3, 0.4) is 0 Å². The molecule has 0 aliphatic rings. The van der Waals surface area contributed by atoms with Gasteiger partial charge in [0.2, 0.25) is 0 Å². The van der Waals surface area contributed by atoms with Crippen molar-refractivity contribution in [3.63, 3.8) is 0 Å². The van der Waals surface area contributed by atoms with Crippen molar-refractivity contribution >= 4 is 10.1 Å². The molecule has 0 atom stereocenters. The summed E-state index contributed by atoms with van der Waals surface area (Å²) in [6.45, 7) is 5.45. The Kier molecular flexibility index (Phi) is 3.57. The van der Waals surface area contributed by atoms with Crippen molar-refractivity contribution in [3.05, 3.63) is 53.3 Å². The van der Waals surface area contributed by atoms with Gasteiger partial charge in [0.25, 0.3) is 0 Å². The van der Waals surface area contributed by atoms with Crippen LogP contribution in [0.4, 0.5) is 0 Å². The van der Waals surface area contributed by atoms with Gasteiger partial charge in [-0.3, -0.25) is 4.98 Å². The standard InChI is InChI=1S/C14H15NO3S/c1-10-4-7-13(8-5-10)19(16,17)18-14-9-6-11(2)15-12(14)3/h4-9H,1-3H3. The highest BCUT2D eigenvalue weighted by atomic mass is 32.2. The number of aromatic nitrogens is 1. The lowest BCUT2D eigenvalue weighted by Crippen LogP contribution is -2.11. The molecule has 0 saturated carbocycles. The summed E-state index contributed by atoms with van der Waals surface area (Å²) in [6, 6.07) is 9.85. The third-order valence-corrected chi connectivity index (χ3v) is 3.93. The quantitative estimate of drug-likeness (QED) is 0.809. The normalized spacial score (nSPS) is 11.3. The second-order valence-electron chi connectivity index (χ2n) is 4.39. The average Bonchev–Trinajstić information content (AvgIpc) is 2.33. The number of hydrogen-bond donors (Lipinski definition) is 0. The lowest BCUT2D eigenvalue weighted by Gasteiger charge is -2.09. The van der Waals surface area contributed by atoms with Crippen LogP contribution in [0.1, 0.15) is 17.0 Å². The predicted octanol–water partition coefficient (Wildman–Crippen LogP) is 2.77. The molecule has 0 aliphatic carbocycles. The Morgan fingerprint density at radius 3 is 2.16 bits per heavy atom. The molecule has 4 nitrogen and oxygen atoms in total. The van der Waals surface area contributed by atoms with Gasteiger partial charge >= 0.3 is 10.1 Å². The zero-order valence-electron chi connectivity index (χ0n) is 11.0. The first kappa shape index (κ1) is 13.5. The number of rotatable bonds is 3. The summed E-state index contributed by atoms with van der Waals surface area (Å²) in [5, 5.41) is 0. The molecule has 0 bridgehead atoms. The maximum Gasteiger partial charge on any atom is 0.339 e. The Morgan fingerprint density at radius 1 is 0.947 bits per heavy atom. The summed E-state index contributed by atoms with van der Waals surface area (Å²) in [5.41, 5.74) is 2.36. The lowest BCUT2D eigenvalue weighted by molar-refractivity contribution is 0.482. The molecule has 0 radical (unpaired) electrons. The van der Waals surface area contributed by atoms with E-state index in [0.29, 0.717) is 5.69 Å². The molecule has 0 N–H and O–H groups in total. The predicted molar refractivity (Wildman–Crippen MR) is 72.7 cm³/mol. The first-order valence-corrected chi connectivity index (χ1v) is 7.25. The van der Waals surface area contributed by atoms with Crippen molar-refractivity contribution in [2.45, 2.75) is 25.7 Å².